The lowest BCUT2D eigenvalue weighted by molar-refractivity contribution is -0.157. The maximum Gasteiger partial charge on any atom is 0.469 e. The summed E-state index contributed by atoms with van der Waals surface area (Å²) in [5.41, 5.74) is 0. The van der Waals surface area contributed by atoms with Crippen molar-refractivity contribution in [2.45, 2.75) is 161 Å². The van der Waals surface area contributed by atoms with Gasteiger partial charge in [0.25, 0.3) is 0 Å². The van der Waals surface area contributed by atoms with Crippen LogP contribution >= 0.6 is 7.82 Å². The fraction of sp³-hybridized carbons (Fsp3) is 0.628. The molecule has 0 bridgehead atoms. The maximum absolute atomic E-state index is 12.3. The molecule has 52 heavy (non-hydrogen) atoms. The fourth-order valence-electron chi connectivity index (χ4n) is 5.07. The van der Waals surface area contributed by atoms with E-state index >= 15 is 0 Å². The molecule has 0 radical (unpaired) electrons. The Morgan fingerprint density at radius 3 is 1.60 bits per heavy atom. The summed E-state index contributed by atoms with van der Waals surface area (Å²) in [4.78, 5) is 42.6. The van der Waals surface area contributed by atoms with Crippen LogP contribution in [0.2, 0.25) is 0 Å². The van der Waals surface area contributed by atoms with Gasteiger partial charge in [0.2, 0.25) is 0 Å². The minimum Gasteiger partial charge on any atom is -0.462 e. The number of carbonyl (C=O) groups is 2. The Labute approximate surface area is 316 Å². The molecule has 1 atom stereocenters. The van der Waals surface area contributed by atoms with Crippen LogP contribution in [0.5, 0.6) is 0 Å². The molecule has 0 aliphatic rings. The smallest absolute Gasteiger partial charge is 0.462 e. The molecule has 0 saturated carbocycles. The molecule has 0 amide bonds. The molecule has 0 unspecified atom stereocenters. The van der Waals surface area contributed by atoms with Crippen molar-refractivity contribution >= 4 is 19.8 Å². The van der Waals surface area contributed by atoms with Crippen LogP contribution in [0.25, 0.3) is 0 Å². The highest BCUT2D eigenvalue weighted by molar-refractivity contribution is 7.46. The van der Waals surface area contributed by atoms with Gasteiger partial charge in [0, 0.05) is 12.5 Å². The zero-order valence-corrected chi connectivity index (χ0v) is 33.3. The van der Waals surface area contributed by atoms with Crippen LogP contribution in [-0.2, 0) is 28.2 Å². The summed E-state index contributed by atoms with van der Waals surface area (Å²) in [7, 11) is -4.79. The summed E-state index contributed by atoms with van der Waals surface area (Å²) in [6, 6.07) is 0. The van der Waals surface area contributed by atoms with Crippen LogP contribution in [0.4, 0.5) is 0 Å². The Hall–Kier alpha value is -2.77. The molecule has 0 fully saturated rings. The number of hydrogen-bond acceptors (Lipinski definition) is 6. The lowest BCUT2D eigenvalue weighted by atomic mass is 10.1. The van der Waals surface area contributed by atoms with E-state index in [-0.39, 0.29) is 13.0 Å². The normalized spacial score (nSPS) is 13.4. The van der Waals surface area contributed by atoms with E-state index in [4.69, 9.17) is 19.3 Å². The summed E-state index contributed by atoms with van der Waals surface area (Å²) in [5, 5.41) is 0. The Morgan fingerprint density at radius 2 is 1.06 bits per heavy atom. The lowest BCUT2D eigenvalue weighted by Gasteiger charge is -2.17. The molecule has 0 aliphatic heterocycles. The topological polar surface area (TPSA) is 119 Å². The predicted molar refractivity (Wildman–Crippen MR) is 216 cm³/mol. The highest BCUT2D eigenvalue weighted by Gasteiger charge is 2.22. The summed E-state index contributed by atoms with van der Waals surface area (Å²) >= 11 is 0. The summed E-state index contributed by atoms with van der Waals surface area (Å²) in [6.45, 7) is 3.43. The molecule has 8 nitrogen and oxygen atoms in total. The summed E-state index contributed by atoms with van der Waals surface area (Å²) in [5.74, 6) is -1.18. The molecule has 0 aliphatic carbocycles. The van der Waals surface area contributed by atoms with E-state index in [1.54, 1.807) is 12.2 Å². The van der Waals surface area contributed by atoms with Crippen LogP contribution in [0.1, 0.15) is 155 Å². The first kappa shape index (κ1) is 49.2. The Balaban J connectivity index is 4.12. The van der Waals surface area contributed by atoms with Gasteiger partial charge >= 0.3 is 19.8 Å². The van der Waals surface area contributed by atoms with E-state index < -0.39 is 32.5 Å². The molecule has 0 heterocycles. The molecule has 2 N–H and O–H groups in total. The molecule has 0 spiro atoms. The molecule has 0 rings (SSSR count). The van der Waals surface area contributed by atoms with Gasteiger partial charge in [-0.25, -0.2) is 9.36 Å². The third-order valence-electron chi connectivity index (χ3n) is 8.00. The van der Waals surface area contributed by atoms with Crippen molar-refractivity contribution < 1.29 is 37.9 Å². The molecule has 0 aromatic carbocycles. The molecule has 0 aromatic rings. The van der Waals surface area contributed by atoms with Gasteiger partial charge in [0.05, 0.1) is 6.61 Å². The van der Waals surface area contributed by atoms with Crippen molar-refractivity contribution in [2.24, 2.45) is 0 Å². The van der Waals surface area contributed by atoms with Crippen LogP contribution in [0.3, 0.4) is 0 Å². The minimum atomic E-state index is -4.79. The van der Waals surface area contributed by atoms with Crippen molar-refractivity contribution in [3.8, 4) is 0 Å². The second-order valence-electron chi connectivity index (χ2n) is 12.9. The molecule has 9 heteroatoms. The number of phosphoric ester groups is 1. The number of phosphoric acid groups is 1. The van der Waals surface area contributed by atoms with E-state index in [1.807, 2.05) is 6.08 Å². The number of carbonyl (C=O) groups excluding carboxylic acids is 2. The highest BCUT2D eigenvalue weighted by atomic mass is 31.2. The highest BCUT2D eigenvalue weighted by Crippen LogP contribution is 2.35. The average Bonchev–Trinajstić information content (AvgIpc) is 3.11. The third-order valence-corrected chi connectivity index (χ3v) is 8.49. The monoisotopic (exact) mass is 746 g/mol. The van der Waals surface area contributed by atoms with Gasteiger partial charge in [-0.2, -0.15) is 0 Å². The van der Waals surface area contributed by atoms with Crippen LogP contribution < -0.4 is 0 Å². The zero-order chi connectivity index (χ0) is 38.2. The van der Waals surface area contributed by atoms with E-state index in [0.717, 1.165) is 64.2 Å². The van der Waals surface area contributed by atoms with Crippen molar-refractivity contribution in [1.29, 1.82) is 0 Å². The van der Waals surface area contributed by atoms with E-state index in [9.17, 15) is 14.2 Å². The van der Waals surface area contributed by atoms with Crippen LogP contribution in [0, 0.1) is 0 Å². The summed E-state index contributed by atoms with van der Waals surface area (Å²) < 4.78 is 26.1. The largest absolute Gasteiger partial charge is 0.469 e. The summed E-state index contributed by atoms with van der Waals surface area (Å²) in [6.07, 6.45) is 50.8. The maximum atomic E-state index is 12.3. The van der Waals surface area contributed by atoms with Gasteiger partial charge in [-0.1, -0.05) is 163 Å². The first-order valence-corrected chi connectivity index (χ1v) is 21.5. The van der Waals surface area contributed by atoms with Crippen molar-refractivity contribution in [2.75, 3.05) is 13.2 Å². The van der Waals surface area contributed by atoms with Crippen molar-refractivity contribution in [3.05, 3.63) is 85.1 Å². The Bertz CT molecular complexity index is 1110. The molecular weight excluding hydrogens is 675 g/mol. The first-order chi connectivity index (χ1) is 25.3. The SMILES string of the molecule is CC/C=C/C/C=C/C/C=C/C/C=C/C/C=C/CCCCCC(=O)OC[C@H](COP(=O)(O)O)OC(=O)/C=C/C=C/CCCCCCCCCCCCC. The third kappa shape index (κ3) is 40.0. The molecular formula is C43H71O8P. The average molecular weight is 747 g/mol. The number of ether oxygens (including phenoxy) is 2. The van der Waals surface area contributed by atoms with Gasteiger partial charge < -0.3 is 19.3 Å². The van der Waals surface area contributed by atoms with Gasteiger partial charge in [-0.05, 0) is 64.2 Å². The second-order valence-corrected chi connectivity index (χ2v) is 14.2. The van der Waals surface area contributed by atoms with E-state index in [2.05, 4.69) is 79.1 Å². The van der Waals surface area contributed by atoms with Crippen LogP contribution in [-0.4, -0.2) is 41.0 Å². The van der Waals surface area contributed by atoms with E-state index in [1.165, 1.54) is 70.3 Å². The fourth-order valence-corrected chi connectivity index (χ4v) is 5.43. The van der Waals surface area contributed by atoms with Gasteiger partial charge in [-0.15, -0.1) is 0 Å². The standard InChI is InChI=1S/C43H71O8P/c1-3-5-7-9-11-13-15-17-19-20-21-22-24-25-27-29-31-33-35-37-42(44)49-39-41(40-50-52(46,47)48)51-43(45)38-36-34-32-30-28-26-23-18-16-14-12-10-8-6-4-2/h5,7,11,13,17,19,21-22,25,27,32,34,36,38,41H,3-4,6,8-10,12,14-16,18,20,23-24,26,28-31,33,35,37,39-40H2,1-2H3,(H2,46,47,48)/b7-5+,13-11+,19-17+,22-21+,27-25+,34-32+,38-36+/t41-/m1/s1. The quantitative estimate of drug-likeness (QED) is 0.0164. The molecule has 0 saturated heterocycles. The zero-order valence-electron chi connectivity index (χ0n) is 32.4. The first-order valence-electron chi connectivity index (χ1n) is 19.9. The van der Waals surface area contributed by atoms with E-state index in [0.29, 0.717) is 6.42 Å². The lowest BCUT2D eigenvalue weighted by Crippen LogP contribution is -2.29. The van der Waals surface area contributed by atoms with Gasteiger partial charge in [0.15, 0.2) is 6.10 Å². The van der Waals surface area contributed by atoms with Crippen molar-refractivity contribution in [1.82, 2.24) is 0 Å². The number of unbranched alkanes of at least 4 members (excludes halogenated alkanes) is 14. The number of hydrogen-bond donors (Lipinski definition) is 2. The Kier molecular flexibility index (Phi) is 35.9. The predicted octanol–water partition coefficient (Wildman–Crippen LogP) is 12.1. The number of esters is 2. The van der Waals surface area contributed by atoms with Gasteiger partial charge in [-0.3, -0.25) is 9.32 Å². The Morgan fingerprint density at radius 1 is 0.577 bits per heavy atom. The molecule has 0 aromatic heterocycles. The number of rotatable bonds is 35. The number of allylic oxidation sites excluding steroid dienone is 13. The van der Waals surface area contributed by atoms with Crippen LogP contribution in [0.15, 0.2) is 85.1 Å². The second kappa shape index (κ2) is 38.0. The minimum absolute atomic E-state index is 0.204. The van der Waals surface area contributed by atoms with Gasteiger partial charge in [0.1, 0.15) is 6.61 Å². The molecule has 296 valence electrons. The van der Waals surface area contributed by atoms with Crippen molar-refractivity contribution in [3.63, 3.8) is 0 Å².